The van der Waals surface area contributed by atoms with E-state index in [9.17, 15) is 4.79 Å². The van der Waals surface area contributed by atoms with Crippen molar-refractivity contribution in [2.24, 2.45) is 0 Å². The third kappa shape index (κ3) is 6.43. The third-order valence-corrected chi connectivity index (χ3v) is 3.96. The number of hydrogen-bond acceptors (Lipinski definition) is 7. The van der Waals surface area contributed by atoms with Gasteiger partial charge in [0, 0.05) is 12.1 Å². The Hall–Kier alpha value is -1.15. The maximum atomic E-state index is 11.8. The molecule has 120 valence electrons. The summed E-state index contributed by atoms with van der Waals surface area (Å²) in [6, 6.07) is 0. The van der Waals surface area contributed by atoms with Crippen LogP contribution in [-0.2, 0) is 16.1 Å². The smallest absolute Gasteiger partial charge is 0.319 e. The molecule has 1 N–H and O–H groups in total. The van der Waals surface area contributed by atoms with E-state index >= 15 is 0 Å². The van der Waals surface area contributed by atoms with E-state index in [0.29, 0.717) is 24.7 Å². The molecule has 1 aromatic rings. The second-order valence-corrected chi connectivity index (χ2v) is 6.80. The molecule has 1 atom stereocenters. The first-order chi connectivity index (χ1) is 9.87. The number of esters is 1. The Kier molecular flexibility index (Phi) is 7.10. The molecule has 1 unspecified atom stereocenters. The zero-order chi connectivity index (χ0) is 15.9. The minimum absolute atomic E-state index is 0.0538. The monoisotopic (exact) mass is 315 g/mol. The van der Waals surface area contributed by atoms with E-state index in [2.05, 4.69) is 41.6 Å². The van der Waals surface area contributed by atoms with Crippen LogP contribution in [0.1, 0.15) is 41.0 Å². The quantitative estimate of drug-likeness (QED) is 0.575. The van der Waals surface area contributed by atoms with Crippen molar-refractivity contribution in [3.8, 4) is 0 Å². The van der Waals surface area contributed by atoms with Crippen LogP contribution in [0.3, 0.4) is 0 Å². The maximum absolute atomic E-state index is 11.8. The summed E-state index contributed by atoms with van der Waals surface area (Å²) in [5, 5.41) is 15.4. The zero-order valence-corrected chi connectivity index (χ0v) is 14.2. The number of carbonyl (C=O) groups excluding carboxylic acids is 1. The standard InChI is InChI=1S/C13H25N5O2S/c1-6-10(11(19)20-7-2)21-12-15-16-17-18(12)9-8-14-13(3,4)5/h10,14H,6-9H2,1-5H3. The minimum Gasteiger partial charge on any atom is -0.465 e. The lowest BCUT2D eigenvalue weighted by Gasteiger charge is -2.20. The molecule has 0 amide bonds. The summed E-state index contributed by atoms with van der Waals surface area (Å²) in [6.07, 6.45) is 0.677. The van der Waals surface area contributed by atoms with Crippen molar-refractivity contribution in [3.05, 3.63) is 0 Å². The van der Waals surface area contributed by atoms with Crippen LogP contribution in [0.2, 0.25) is 0 Å². The topological polar surface area (TPSA) is 81.9 Å². The lowest BCUT2D eigenvalue weighted by atomic mass is 10.1. The van der Waals surface area contributed by atoms with Gasteiger partial charge in [-0.3, -0.25) is 4.79 Å². The Bertz CT molecular complexity index is 444. The number of hydrogen-bond donors (Lipinski definition) is 1. The summed E-state index contributed by atoms with van der Waals surface area (Å²) in [5.41, 5.74) is 0.0538. The molecular formula is C13H25N5O2S. The van der Waals surface area contributed by atoms with Crippen molar-refractivity contribution in [3.63, 3.8) is 0 Å². The van der Waals surface area contributed by atoms with Gasteiger partial charge in [-0.05, 0) is 44.5 Å². The first-order valence-electron chi connectivity index (χ1n) is 7.21. The van der Waals surface area contributed by atoms with E-state index < -0.39 is 0 Å². The predicted molar refractivity (Wildman–Crippen MR) is 82.1 cm³/mol. The van der Waals surface area contributed by atoms with Crippen molar-refractivity contribution < 1.29 is 9.53 Å². The van der Waals surface area contributed by atoms with Gasteiger partial charge in [0.05, 0.1) is 13.2 Å². The van der Waals surface area contributed by atoms with E-state index in [-0.39, 0.29) is 16.8 Å². The van der Waals surface area contributed by atoms with E-state index in [0.717, 1.165) is 6.54 Å². The normalized spacial score (nSPS) is 13.2. The second-order valence-electron chi connectivity index (χ2n) is 5.63. The molecule has 1 heterocycles. The highest BCUT2D eigenvalue weighted by atomic mass is 32.2. The molecule has 0 saturated carbocycles. The van der Waals surface area contributed by atoms with Gasteiger partial charge in [0.15, 0.2) is 0 Å². The van der Waals surface area contributed by atoms with Crippen LogP contribution in [0.5, 0.6) is 0 Å². The van der Waals surface area contributed by atoms with Gasteiger partial charge in [-0.15, -0.1) is 5.10 Å². The summed E-state index contributed by atoms with van der Waals surface area (Å²) in [4.78, 5) is 11.8. The Morgan fingerprint density at radius 1 is 1.43 bits per heavy atom. The van der Waals surface area contributed by atoms with Crippen molar-refractivity contribution >= 4 is 17.7 Å². The molecular weight excluding hydrogens is 290 g/mol. The number of aromatic nitrogens is 4. The highest BCUT2D eigenvalue weighted by Crippen LogP contribution is 2.23. The fraction of sp³-hybridized carbons (Fsp3) is 0.846. The number of nitrogens with zero attached hydrogens (tertiary/aromatic N) is 4. The molecule has 0 radical (unpaired) electrons. The van der Waals surface area contributed by atoms with Gasteiger partial charge in [0.2, 0.25) is 5.16 Å². The van der Waals surface area contributed by atoms with Crippen molar-refractivity contribution in [2.75, 3.05) is 13.2 Å². The molecule has 0 fully saturated rings. The molecule has 8 heteroatoms. The van der Waals surface area contributed by atoms with E-state index in [1.807, 2.05) is 6.92 Å². The third-order valence-electron chi connectivity index (χ3n) is 2.65. The summed E-state index contributed by atoms with van der Waals surface area (Å²) in [7, 11) is 0. The molecule has 0 aliphatic rings. The SMILES string of the molecule is CCOC(=O)C(CC)Sc1nnnn1CCNC(C)(C)C. The number of rotatable bonds is 8. The second kappa shape index (κ2) is 8.33. The molecule has 0 spiro atoms. The Labute approximate surface area is 130 Å². The van der Waals surface area contributed by atoms with Crippen LogP contribution in [0.4, 0.5) is 0 Å². The van der Waals surface area contributed by atoms with Crippen molar-refractivity contribution in [2.45, 2.75) is 63.5 Å². The van der Waals surface area contributed by atoms with Crippen LogP contribution < -0.4 is 5.32 Å². The van der Waals surface area contributed by atoms with Gasteiger partial charge in [-0.2, -0.15) is 0 Å². The van der Waals surface area contributed by atoms with E-state index in [1.165, 1.54) is 11.8 Å². The summed E-state index contributed by atoms with van der Waals surface area (Å²) in [6.45, 7) is 11.9. The van der Waals surface area contributed by atoms with Gasteiger partial charge in [-0.25, -0.2) is 4.68 Å². The van der Waals surface area contributed by atoms with Gasteiger partial charge in [-0.1, -0.05) is 18.7 Å². The average Bonchev–Trinajstić information content (AvgIpc) is 2.82. The van der Waals surface area contributed by atoms with Gasteiger partial charge >= 0.3 is 5.97 Å². The number of tetrazole rings is 1. The number of thioether (sulfide) groups is 1. The summed E-state index contributed by atoms with van der Waals surface area (Å²) >= 11 is 1.35. The maximum Gasteiger partial charge on any atom is 0.319 e. The van der Waals surface area contributed by atoms with Crippen LogP contribution in [0.15, 0.2) is 5.16 Å². The van der Waals surface area contributed by atoms with Gasteiger partial charge < -0.3 is 10.1 Å². The van der Waals surface area contributed by atoms with Crippen LogP contribution >= 0.6 is 11.8 Å². The highest BCUT2D eigenvalue weighted by molar-refractivity contribution is 8.00. The Morgan fingerprint density at radius 2 is 2.14 bits per heavy atom. The lowest BCUT2D eigenvalue weighted by Crippen LogP contribution is -2.38. The largest absolute Gasteiger partial charge is 0.465 e. The van der Waals surface area contributed by atoms with Gasteiger partial charge in [0.1, 0.15) is 5.25 Å². The fourth-order valence-electron chi connectivity index (χ4n) is 1.62. The molecule has 21 heavy (non-hydrogen) atoms. The molecule has 0 aromatic carbocycles. The van der Waals surface area contributed by atoms with E-state index in [1.54, 1.807) is 11.6 Å². The van der Waals surface area contributed by atoms with Crippen LogP contribution in [-0.4, -0.2) is 50.1 Å². The fourth-order valence-corrected chi connectivity index (χ4v) is 2.54. The average molecular weight is 315 g/mol. The number of carbonyl (C=O) groups is 1. The minimum atomic E-state index is -0.273. The Balaban J connectivity index is 2.59. The molecule has 1 aromatic heterocycles. The molecule has 0 saturated heterocycles. The Morgan fingerprint density at radius 3 is 2.71 bits per heavy atom. The predicted octanol–water partition coefficient (Wildman–Crippen LogP) is 1.49. The van der Waals surface area contributed by atoms with Crippen LogP contribution in [0, 0.1) is 0 Å². The van der Waals surface area contributed by atoms with Crippen molar-refractivity contribution in [1.82, 2.24) is 25.5 Å². The molecule has 0 bridgehead atoms. The van der Waals surface area contributed by atoms with Crippen molar-refractivity contribution in [1.29, 1.82) is 0 Å². The lowest BCUT2D eigenvalue weighted by molar-refractivity contribution is -0.142. The highest BCUT2D eigenvalue weighted by Gasteiger charge is 2.22. The van der Waals surface area contributed by atoms with Crippen LogP contribution in [0.25, 0.3) is 0 Å². The number of nitrogens with one attached hydrogen (secondary N) is 1. The molecule has 0 aliphatic carbocycles. The summed E-state index contributed by atoms with van der Waals surface area (Å²) < 4.78 is 6.77. The first-order valence-corrected chi connectivity index (χ1v) is 8.09. The molecule has 0 aliphatic heterocycles. The number of ether oxygens (including phenoxy) is 1. The molecule has 1 rings (SSSR count). The zero-order valence-electron chi connectivity index (χ0n) is 13.4. The van der Waals surface area contributed by atoms with E-state index in [4.69, 9.17) is 4.74 Å². The first kappa shape index (κ1) is 17.9. The van der Waals surface area contributed by atoms with Gasteiger partial charge in [0.25, 0.3) is 0 Å². The summed E-state index contributed by atoms with van der Waals surface area (Å²) in [5.74, 6) is -0.215. The molecule has 7 nitrogen and oxygen atoms in total.